The summed E-state index contributed by atoms with van der Waals surface area (Å²) >= 11 is 0. The van der Waals surface area contributed by atoms with Crippen molar-refractivity contribution in [1.29, 1.82) is 0 Å². The van der Waals surface area contributed by atoms with Crippen LogP contribution >= 0.6 is 0 Å². The molecule has 0 aliphatic rings. The molecule has 0 aromatic carbocycles. The summed E-state index contributed by atoms with van der Waals surface area (Å²) in [5, 5.41) is 104. The third kappa shape index (κ3) is 25.1. The molecule has 0 saturated carbocycles. The van der Waals surface area contributed by atoms with Gasteiger partial charge in [-0.15, -0.1) is 0 Å². The van der Waals surface area contributed by atoms with Crippen LogP contribution in [0, 0.1) is 0 Å². The second-order valence-corrected chi connectivity index (χ2v) is 6.37. The van der Waals surface area contributed by atoms with Gasteiger partial charge >= 0.3 is 113 Å². The first-order chi connectivity index (χ1) is 13.8. The van der Waals surface area contributed by atoms with E-state index in [1.54, 1.807) is 0 Å². The third-order valence-corrected chi connectivity index (χ3v) is 3.02. The molecular formula is C12H31CaMgNaO18S. The molecule has 0 amide bonds. The van der Waals surface area contributed by atoms with Crippen molar-refractivity contribution in [3.05, 3.63) is 0 Å². The summed E-state index contributed by atoms with van der Waals surface area (Å²) in [5.74, 6) is -3.45. The summed E-state index contributed by atoms with van der Waals surface area (Å²) in [7, 11) is -4.67. The number of hydrogen-bond donors (Lipinski definition) is 14. The fraction of sp³-hybridized carbons (Fsp3) is 0.833. The molecule has 0 aromatic heterocycles. The van der Waals surface area contributed by atoms with Gasteiger partial charge in [-0.25, -0.2) is 9.59 Å². The van der Waals surface area contributed by atoms with Crippen molar-refractivity contribution in [3.63, 3.8) is 0 Å². The van der Waals surface area contributed by atoms with Crippen molar-refractivity contribution < 1.29 is 88.4 Å². The van der Waals surface area contributed by atoms with E-state index in [0.29, 0.717) is 0 Å². The van der Waals surface area contributed by atoms with Crippen LogP contribution in [0.2, 0.25) is 0 Å². The normalized spacial score (nSPS) is 17.3. The van der Waals surface area contributed by atoms with Gasteiger partial charge < -0.3 is 61.3 Å². The van der Waals surface area contributed by atoms with Gasteiger partial charge in [0.05, 0.1) is 13.2 Å². The van der Waals surface area contributed by atoms with Crippen LogP contribution in [0.3, 0.4) is 0 Å². The Balaban J connectivity index is -0.0000000897. The summed E-state index contributed by atoms with van der Waals surface area (Å²) in [6, 6.07) is 0. The van der Waals surface area contributed by atoms with E-state index in [9.17, 15) is 9.59 Å². The van der Waals surface area contributed by atoms with Gasteiger partial charge in [0.2, 0.25) is 0 Å². The SMILES string of the molecule is O=C(O)[C@H](O)[C@@H](O)[C@H](O)[C@H](O)CO.O=C(O)[C@H](O)[C@@H](O)[C@H](O)[C@H](O)CO.O=S(=O)(O)O.[CaH2].[MgH2].[NaH]. The van der Waals surface area contributed by atoms with E-state index in [1.165, 1.54) is 0 Å². The summed E-state index contributed by atoms with van der Waals surface area (Å²) in [6.45, 7) is -1.69. The van der Waals surface area contributed by atoms with Gasteiger partial charge in [-0.05, 0) is 0 Å². The predicted molar refractivity (Wildman–Crippen MR) is 116 cm³/mol. The molecule has 198 valence electrons. The molecule has 0 rings (SSSR count). The van der Waals surface area contributed by atoms with Gasteiger partial charge in [0, 0.05) is 0 Å². The van der Waals surface area contributed by atoms with E-state index in [1.807, 2.05) is 0 Å². The zero-order valence-electron chi connectivity index (χ0n) is 15.3. The first-order valence-corrected chi connectivity index (χ1v) is 9.04. The number of rotatable bonds is 10. The van der Waals surface area contributed by atoms with Gasteiger partial charge in [-0.3, -0.25) is 9.11 Å². The molecule has 0 aliphatic heterocycles. The maximum atomic E-state index is 10.1. The molecule has 0 heterocycles. The van der Waals surface area contributed by atoms with Gasteiger partial charge in [-0.2, -0.15) is 8.42 Å². The quantitative estimate of drug-likeness (QED) is 0.0838. The van der Waals surface area contributed by atoms with Crippen LogP contribution in [0.25, 0.3) is 0 Å². The molecule has 0 fully saturated rings. The van der Waals surface area contributed by atoms with Crippen LogP contribution in [0.1, 0.15) is 0 Å². The Morgan fingerprint density at radius 2 is 0.794 bits per heavy atom. The van der Waals surface area contributed by atoms with E-state index in [2.05, 4.69) is 0 Å². The van der Waals surface area contributed by atoms with Gasteiger partial charge in [0.15, 0.2) is 12.2 Å². The van der Waals surface area contributed by atoms with Crippen molar-refractivity contribution >= 4 is 113 Å². The van der Waals surface area contributed by atoms with E-state index in [0.717, 1.165) is 0 Å². The molecule has 0 bridgehead atoms. The summed E-state index contributed by atoms with van der Waals surface area (Å²) in [4.78, 5) is 20.2. The Bertz CT molecular complexity index is 582. The fourth-order valence-corrected chi connectivity index (χ4v) is 1.34. The van der Waals surface area contributed by atoms with Crippen molar-refractivity contribution in [1.82, 2.24) is 0 Å². The number of carboxylic acids is 2. The fourth-order valence-electron chi connectivity index (χ4n) is 1.34. The van der Waals surface area contributed by atoms with Crippen LogP contribution in [-0.2, 0) is 20.0 Å². The zero-order valence-corrected chi connectivity index (χ0v) is 16.2. The van der Waals surface area contributed by atoms with Crippen LogP contribution in [0.5, 0.6) is 0 Å². The molecule has 8 atom stereocenters. The number of aliphatic hydroxyl groups excluding tert-OH is 10. The van der Waals surface area contributed by atoms with E-state index in [4.69, 9.17) is 78.8 Å². The topological polar surface area (TPSA) is 352 Å². The third-order valence-electron chi connectivity index (χ3n) is 3.02. The summed E-state index contributed by atoms with van der Waals surface area (Å²) in [5.41, 5.74) is 0. The molecular weight excluding hydrogens is 552 g/mol. The molecule has 0 spiro atoms. The number of carbonyl (C=O) groups is 2. The van der Waals surface area contributed by atoms with Crippen LogP contribution < -0.4 is 0 Å². The average molecular weight is 583 g/mol. The number of carboxylic acid groups (broad SMARTS) is 2. The minimum atomic E-state index is -4.67. The Hall–Kier alpha value is 1.44. The molecule has 34 heavy (non-hydrogen) atoms. The first-order valence-electron chi connectivity index (χ1n) is 7.65. The van der Waals surface area contributed by atoms with Gasteiger partial charge in [0.25, 0.3) is 0 Å². The predicted octanol–water partition coefficient (Wildman–Crippen LogP) is -10.1. The molecule has 0 unspecified atom stereocenters. The first kappa shape index (κ1) is 48.5. The van der Waals surface area contributed by atoms with E-state index < -0.39 is 84.4 Å². The van der Waals surface area contributed by atoms with Crippen molar-refractivity contribution in [2.24, 2.45) is 0 Å². The monoisotopic (exact) mass is 582 g/mol. The number of aliphatic hydroxyl groups is 10. The molecule has 0 radical (unpaired) electrons. The Kier molecular flexibility index (Phi) is 35.3. The summed E-state index contributed by atoms with van der Waals surface area (Å²) in [6.07, 6.45) is -15.7. The molecule has 0 aliphatic carbocycles. The maximum absolute atomic E-state index is 10.1. The van der Waals surface area contributed by atoms with E-state index in [-0.39, 0.29) is 90.3 Å². The average Bonchev–Trinajstić information content (AvgIpc) is 2.67. The standard InChI is InChI=1S/2C6H12O7.Ca.Mg.Na.H2O4S.5H/c2*7-1-2(8)3(9)4(10)5(11)6(12)13;;;;1-5(2,3)4;;;;;/h2*2-5,7-11H,1H2,(H,12,13);;;;(H2,1,2,3,4);;;;;/t2*2-,3-,4+,5-;;;;;;;;;/m11........./s1. The van der Waals surface area contributed by atoms with Gasteiger partial charge in [0.1, 0.15) is 36.6 Å². The molecule has 22 heteroatoms. The van der Waals surface area contributed by atoms with Crippen LogP contribution in [-0.4, -0.2) is 243 Å². The molecule has 0 aromatic rings. The van der Waals surface area contributed by atoms with Crippen molar-refractivity contribution in [2.75, 3.05) is 13.2 Å². The second-order valence-electron chi connectivity index (χ2n) is 5.48. The minimum absolute atomic E-state index is 0. The number of aliphatic carboxylic acids is 2. The Morgan fingerprint density at radius 1 is 0.618 bits per heavy atom. The zero-order chi connectivity index (χ0) is 25.7. The van der Waals surface area contributed by atoms with Crippen LogP contribution in [0.4, 0.5) is 0 Å². The molecule has 18 nitrogen and oxygen atoms in total. The summed E-state index contributed by atoms with van der Waals surface area (Å²) < 4.78 is 31.6. The Morgan fingerprint density at radius 3 is 0.912 bits per heavy atom. The second kappa shape index (κ2) is 24.8. The van der Waals surface area contributed by atoms with Crippen LogP contribution in [0.15, 0.2) is 0 Å². The molecule has 0 saturated heterocycles. The molecule has 14 N–H and O–H groups in total. The van der Waals surface area contributed by atoms with Crippen molar-refractivity contribution in [2.45, 2.75) is 48.8 Å². The number of hydrogen-bond acceptors (Lipinski definition) is 14. The van der Waals surface area contributed by atoms with Gasteiger partial charge in [-0.1, -0.05) is 0 Å². The van der Waals surface area contributed by atoms with Crippen molar-refractivity contribution in [3.8, 4) is 0 Å². The van der Waals surface area contributed by atoms with E-state index >= 15 is 0 Å². The Labute approximate surface area is 260 Å².